The van der Waals surface area contributed by atoms with Gasteiger partial charge in [-0.3, -0.25) is 4.98 Å². The lowest BCUT2D eigenvalue weighted by Crippen LogP contribution is -1.95. The van der Waals surface area contributed by atoms with Crippen LogP contribution >= 0.6 is 35.4 Å². The molecule has 8 heteroatoms. The highest BCUT2D eigenvalue weighted by molar-refractivity contribution is 7.71. The van der Waals surface area contributed by atoms with Gasteiger partial charge in [-0.1, -0.05) is 29.3 Å². The normalized spacial score (nSPS) is 11.2. The third-order valence-corrected chi connectivity index (χ3v) is 3.67. The van der Waals surface area contributed by atoms with Crippen molar-refractivity contribution in [2.75, 3.05) is 0 Å². The van der Waals surface area contributed by atoms with E-state index in [1.165, 1.54) is 4.68 Å². The Labute approximate surface area is 141 Å². The average molecular weight is 350 g/mol. The minimum Gasteiger partial charge on any atom is -0.264 e. The fraction of sp³-hybridized carbons (Fsp3) is 0. The van der Waals surface area contributed by atoms with Gasteiger partial charge in [-0.15, -0.1) is 0 Å². The summed E-state index contributed by atoms with van der Waals surface area (Å²) in [6, 6.07) is 8.87. The number of H-pyrrole nitrogens is 1. The maximum absolute atomic E-state index is 6.12. The van der Waals surface area contributed by atoms with E-state index in [2.05, 4.69) is 20.3 Å². The van der Waals surface area contributed by atoms with Crippen LogP contribution in [0.15, 0.2) is 47.8 Å². The third-order valence-electron chi connectivity index (χ3n) is 2.84. The van der Waals surface area contributed by atoms with Gasteiger partial charge in [0.1, 0.15) is 0 Å². The lowest BCUT2D eigenvalue weighted by molar-refractivity contribution is 0.871. The lowest BCUT2D eigenvalue weighted by Gasteiger charge is -2.01. The molecule has 3 aromatic rings. The minimum absolute atomic E-state index is 0.375. The summed E-state index contributed by atoms with van der Waals surface area (Å²) in [5, 5.41) is 12.3. The van der Waals surface area contributed by atoms with E-state index in [0.29, 0.717) is 20.6 Å². The van der Waals surface area contributed by atoms with Crippen LogP contribution in [-0.4, -0.2) is 26.1 Å². The summed E-state index contributed by atoms with van der Waals surface area (Å²) in [5.74, 6) is 0.569. The second kappa shape index (κ2) is 6.39. The summed E-state index contributed by atoms with van der Waals surface area (Å²) >= 11 is 17.2. The van der Waals surface area contributed by atoms with E-state index in [4.69, 9.17) is 35.4 Å². The first kappa shape index (κ1) is 14.9. The molecular formula is C14H9Cl2N5S. The number of hydrogen-bond donors (Lipinski definition) is 1. The zero-order chi connectivity index (χ0) is 15.5. The van der Waals surface area contributed by atoms with Gasteiger partial charge in [-0.25, -0.2) is 5.10 Å². The summed E-state index contributed by atoms with van der Waals surface area (Å²) in [6.07, 6.45) is 4.97. The van der Waals surface area contributed by atoms with Gasteiger partial charge in [0.2, 0.25) is 4.77 Å². The molecule has 0 saturated heterocycles. The number of benzene rings is 1. The number of nitrogens with one attached hydrogen (secondary N) is 1. The van der Waals surface area contributed by atoms with Gasteiger partial charge in [0.15, 0.2) is 5.82 Å². The predicted molar refractivity (Wildman–Crippen MR) is 90.1 cm³/mol. The zero-order valence-corrected chi connectivity index (χ0v) is 13.4. The molecule has 110 valence electrons. The average Bonchev–Trinajstić information content (AvgIpc) is 2.88. The number of pyridine rings is 1. The Morgan fingerprint density at radius 3 is 2.86 bits per heavy atom. The van der Waals surface area contributed by atoms with E-state index in [1.807, 2.05) is 12.1 Å². The fourth-order valence-electron chi connectivity index (χ4n) is 1.81. The zero-order valence-electron chi connectivity index (χ0n) is 11.1. The van der Waals surface area contributed by atoms with E-state index in [9.17, 15) is 0 Å². The van der Waals surface area contributed by atoms with Crippen LogP contribution in [0, 0.1) is 4.77 Å². The Morgan fingerprint density at radius 2 is 2.14 bits per heavy atom. The number of nitrogens with zero attached hydrogens (tertiary/aromatic N) is 4. The van der Waals surface area contributed by atoms with Crippen molar-refractivity contribution in [1.82, 2.24) is 19.9 Å². The van der Waals surface area contributed by atoms with Crippen molar-refractivity contribution < 1.29 is 0 Å². The molecule has 0 bridgehead atoms. The number of hydrogen-bond acceptors (Lipinski definition) is 4. The van der Waals surface area contributed by atoms with E-state index in [-0.39, 0.29) is 0 Å². The van der Waals surface area contributed by atoms with Gasteiger partial charge in [0, 0.05) is 28.5 Å². The van der Waals surface area contributed by atoms with Gasteiger partial charge >= 0.3 is 0 Å². The molecule has 0 aliphatic rings. The van der Waals surface area contributed by atoms with Crippen LogP contribution in [0.4, 0.5) is 0 Å². The van der Waals surface area contributed by atoms with Crippen LogP contribution in [0.25, 0.3) is 11.4 Å². The fourth-order valence-corrected chi connectivity index (χ4v) is 2.44. The van der Waals surface area contributed by atoms with Crippen molar-refractivity contribution in [3.8, 4) is 11.4 Å². The largest absolute Gasteiger partial charge is 0.264 e. The van der Waals surface area contributed by atoms with Crippen LogP contribution in [0.5, 0.6) is 0 Å². The van der Waals surface area contributed by atoms with E-state index in [0.717, 1.165) is 11.1 Å². The van der Waals surface area contributed by atoms with Gasteiger partial charge in [0.25, 0.3) is 0 Å². The van der Waals surface area contributed by atoms with Crippen molar-refractivity contribution in [3.63, 3.8) is 0 Å². The van der Waals surface area contributed by atoms with Crippen LogP contribution in [0.3, 0.4) is 0 Å². The van der Waals surface area contributed by atoms with Crippen LogP contribution in [0.1, 0.15) is 5.56 Å². The van der Waals surface area contributed by atoms with Crippen LogP contribution in [-0.2, 0) is 0 Å². The molecule has 5 nitrogen and oxygen atoms in total. The standard InChI is InChI=1S/C14H9Cl2N5S/c15-11-4-3-9(12(16)6-11)8-18-21-13(19-20-14(21)22)10-2-1-5-17-7-10/h1-8H,(H,20,22). The second-order valence-electron chi connectivity index (χ2n) is 4.32. The first-order chi connectivity index (χ1) is 10.6. The number of halogens is 2. The van der Waals surface area contributed by atoms with E-state index >= 15 is 0 Å². The highest BCUT2D eigenvalue weighted by Crippen LogP contribution is 2.20. The third kappa shape index (κ3) is 3.09. The molecule has 0 aliphatic carbocycles. The van der Waals surface area contributed by atoms with Crippen molar-refractivity contribution in [2.45, 2.75) is 0 Å². The van der Waals surface area contributed by atoms with Gasteiger partial charge < -0.3 is 0 Å². The molecule has 0 radical (unpaired) electrons. The molecule has 3 rings (SSSR count). The van der Waals surface area contributed by atoms with Gasteiger partial charge in [-0.05, 0) is 36.5 Å². The van der Waals surface area contributed by atoms with Crippen LogP contribution < -0.4 is 0 Å². The van der Waals surface area contributed by atoms with Gasteiger partial charge in [0.05, 0.1) is 11.2 Å². The summed E-state index contributed by atoms with van der Waals surface area (Å²) < 4.78 is 1.89. The van der Waals surface area contributed by atoms with Crippen molar-refractivity contribution in [1.29, 1.82) is 0 Å². The number of rotatable bonds is 3. The molecule has 1 N–H and O–H groups in total. The molecule has 0 spiro atoms. The monoisotopic (exact) mass is 349 g/mol. The maximum atomic E-state index is 6.12. The molecular weight excluding hydrogens is 341 g/mol. The highest BCUT2D eigenvalue weighted by Gasteiger charge is 2.08. The SMILES string of the molecule is S=c1[nH]nc(-c2cccnc2)n1N=Cc1ccc(Cl)cc1Cl. The molecule has 1 aromatic carbocycles. The lowest BCUT2D eigenvalue weighted by atomic mass is 10.2. The summed E-state index contributed by atoms with van der Waals surface area (Å²) in [4.78, 5) is 4.06. The summed E-state index contributed by atoms with van der Waals surface area (Å²) in [5.41, 5.74) is 1.53. The molecule has 2 aromatic heterocycles. The summed E-state index contributed by atoms with van der Waals surface area (Å²) in [7, 11) is 0. The quantitative estimate of drug-likeness (QED) is 0.569. The maximum Gasteiger partial charge on any atom is 0.216 e. The van der Waals surface area contributed by atoms with Gasteiger partial charge in [-0.2, -0.15) is 14.9 Å². The minimum atomic E-state index is 0.375. The smallest absolute Gasteiger partial charge is 0.216 e. The van der Waals surface area contributed by atoms with Crippen LogP contribution in [0.2, 0.25) is 10.0 Å². The molecule has 2 heterocycles. The first-order valence-electron chi connectivity index (χ1n) is 6.22. The Hall–Kier alpha value is -2.02. The second-order valence-corrected chi connectivity index (χ2v) is 5.55. The topological polar surface area (TPSA) is 58.9 Å². The Bertz CT molecular complexity index is 886. The molecule has 0 saturated carbocycles. The molecule has 0 unspecified atom stereocenters. The van der Waals surface area contributed by atoms with E-state index < -0.39 is 0 Å². The van der Waals surface area contributed by atoms with E-state index in [1.54, 1.807) is 36.8 Å². The van der Waals surface area contributed by atoms with Crippen molar-refractivity contribution >= 4 is 41.6 Å². The Morgan fingerprint density at radius 1 is 1.27 bits per heavy atom. The molecule has 0 aliphatic heterocycles. The predicted octanol–water partition coefficient (Wildman–Crippen LogP) is 4.19. The van der Waals surface area contributed by atoms with Crippen molar-refractivity contribution in [2.24, 2.45) is 5.10 Å². The molecule has 0 amide bonds. The molecule has 0 atom stereocenters. The Kier molecular flexibility index (Phi) is 4.33. The highest BCUT2D eigenvalue weighted by atomic mass is 35.5. The summed E-state index contributed by atoms with van der Waals surface area (Å²) in [6.45, 7) is 0. The van der Waals surface area contributed by atoms with Crippen molar-refractivity contribution in [3.05, 3.63) is 63.1 Å². The molecule has 22 heavy (non-hydrogen) atoms. The number of aromatic amines is 1. The Balaban J connectivity index is 2.01. The molecule has 0 fully saturated rings. The number of aromatic nitrogens is 4. The first-order valence-corrected chi connectivity index (χ1v) is 7.39.